The number of nitrogens with one attached hydrogen (secondary N) is 2. The molecule has 0 aliphatic heterocycles. The Labute approximate surface area is 167 Å². The summed E-state index contributed by atoms with van der Waals surface area (Å²) in [7, 11) is 2.89. The molecule has 150 valence electrons. The lowest BCUT2D eigenvalue weighted by Gasteiger charge is -2.12. The van der Waals surface area contributed by atoms with E-state index in [0.29, 0.717) is 17.9 Å². The van der Waals surface area contributed by atoms with Gasteiger partial charge >= 0.3 is 5.97 Å². The molecule has 2 N–H and O–H groups in total. The summed E-state index contributed by atoms with van der Waals surface area (Å²) in [5.41, 5.74) is 2.64. The maximum atomic E-state index is 11.9. The molecule has 0 amide bonds. The lowest BCUT2D eigenvalue weighted by atomic mass is 10.1. The Bertz CT molecular complexity index is 776. The third-order valence-electron chi connectivity index (χ3n) is 4.21. The number of esters is 1. The van der Waals surface area contributed by atoms with Crippen molar-refractivity contribution in [3.8, 4) is 5.75 Å². The van der Waals surface area contributed by atoms with Crippen LogP contribution in [0.15, 0.2) is 53.5 Å². The van der Waals surface area contributed by atoms with Crippen molar-refractivity contribution in [1.29, 1.82) is 0 Å². The standard InChI is InChI=1S/C22H29N3O3/c1-4-23-22(24-14-8-11-17-9-6-5-7-10-17)25-16-18-12-13-20(27-2)19(15-18)21(26)28-3/h5-7,9-10,12-13,15H,4,8,11,14,16H2,1-3H3,(H2,23,24,25). The number of ether oxygens (including phenoxy) is 2. The van der Waals surface area contributed by atoms with E-state index in [1.165, 1.54) is 19.8 Å². The molecule has 0 fully saturated rings. The van der Waals surface area contributed by atoms with Gasteiger partial charge in [0, 0.05) is 13.1 Å². The van der Waals surface area contributed by atoms with Crippen molar-refractivity contribution >= 4 is 11.9 Å². The molecule has 2 rings (SSSR count). The van der Waals surface area contributed by atoms with E-state index >= 15 is 0 Å². The molecular formula is C22H29N3O3. The highest BCUT2D eigenvalue weighted by Crippen LogP contribution is 2.21. The van der Waals surface area contributed by atoms with Crippen LogP contribution in [0.4, 0.5) is 0 Å². The van der Waals surface area contributed by atoms with Crippen molar-refractivity contribution in [2.45, 2.75) is 26.3 Å². The summed E-state index contributed by atoms with van der Waals surface area (Å²) in [5.74, 6) is 0.824. The van der Waals surface area contributed by atoms with Gasteiger partial charge in [-0.3, -0.25) is 0 Å². The molecule has 0 aliphatic carbocycles. The molecule has 0 aromatic heterocycles. The number of carbonyl (C=O) groups excluding carboxylic acids is 1. The Morgan fingerprint density at radius 1 is 1.04 bits per heavy atom. The summed E-state index contributed by atoms with van der Waals surface area (Å²) in [6, 6.07) is 15.8. The fraction of sp³-hybridized carbons (Fsp3) is 0.364. The number of aliphatic imine (C=N–C) groups is 1. The van der Waals surface area contributed by atoms with Crippen molar-refractivity contribution < 1.29 is 14.3 Å². The summed E-state index contributed by atoms with van der Waals surface area (Å²) >= 11 is 0. The molecule has 0 heterocycles. The Balaban J connectivity index is 1.95. The van der Waals surface area contributed by atoms with Gasteiger partial charge in [-0.1, -0.05) is 36.4 Å². The number of benzene rings is 2. The zero-order valence-corrected chi connectivity index (χ0v) is 16.8. The second-order valence-electron chi connectivity index (χ2n) is 6.24. The molecule has 0 spiro atoms. The van der Waals surface area contributed by atoms with E-state index in [4.69, 9.17) is 9.47 Å². The van der Waals surface area contributed by atoms with Crippen molar-refractivity contribution in [2.24, 2.45) is 4.99 Å². The Morgan fingerprint density at radius 3 is 2.50 bits per heavy atom. The lowest BCUT2D eigenvalue weighted by Crippen LogP contribution is -2.37. The molecule has 0 saturated carbocycles. The summed E-state index contributed by atoms with van der Waals surface area (Å²) < 4.78 is 10.0. The van der Waals surface area contributed by atoms with E-state index in [9.17, 15) is 4.79 Å². The highest BCUT2D eigenvalue weighted by Gasteiger charge is 2.13. The number of guanidine groups is 1. The van der Waals surface area contributed by atoms with Crippen LogP contribution in [0.25, 0.3) is 0 Å². The molecule has 0 aliphatic rings. The maximum Gasteiger partial charge on any atom is 0.341 e. The zero-order valence-electron chi connectivity index (χ0n) is 16.8. The first-order valence-electron chi connectivity index (χ1n) is 9.49. The van der Waals surface area contributed by atoms with Crippen LogP contribution in [0.3, 0.4) is 0 Å². The highest BCUT2D eigenvalue weighted by atomic mass is 16.5. The van der Waals surface area contributed by atoms with Gasteiger partial charge in [-0.2, -0.15) is 0 Å². The molecule has 6 nitrogen and oxygen atoms in total. The summed E-state index contributed by atoms with van der Waals surface area (Å²) in [4.78, 5) is 16.5. The first kappa shape index (κ1) is 21.3. The minimum atomic E-state index is -0.423. The fourth-order valence-electron chi connectivity index (χ4n) is 2.78. The van der Waals surface area contributed by atoms with Crippen LogP contribution in [0.5, 0.6) is 5.75 Å². The summed E-state index contributed by atoms with van der Waals surface area (Å²) in [6.45, 7) is 4.09. The quantitative estimate of drug-likeness (QED) is 0.301. The largest absolute Gasteiger partial charge is 0.496 e. The molecule has 0 radical (unpaired) electrons. The van der Waals surface area contributed by atoms with Crippen molar-refractivity contribution in [3.63, 3.8) is 0 Å². The maximum absolute atomic E-state index is 11.9. The Morgan fingerprint density at radius 2 is 1.82 bits per heavy atom. The van der Waals surface area contributed by atoms with Gasteiger partial charge in [0.2, 0.25) is 0 Å². The van der Waals surface area contributed by atoms with Gasteiger partial charge in [-0.25, -0.2) is 9.79 Å². The van der Waals surface area contributed by atoms with Crippen LogP contribution in [-0.4, -0.2) is 39.2 Å². The number of carbonyl (C=O) groups is 1. The number of hydrogen-bond donors (Lipinski definition) is 2. The second kappa shape index (κ2) is 11.6. The smallest absolute Gasteiger partial charge is 0.341 e. The van der Waals surface area contributed by atoms with Crippen LogP contribution in [0, 0.1) is 0 Å². The van der Waals surface area contributed by atoms with E-state index in [-0.39, 0.29) is 0 Å². The van der Waals surface area contributed by atoms with Gasteiger partial charge in [0.15, 0.2) is 5.96 Å². The average molecular weight is 383 g/mol. The predicted molar refractivity (Wildman–Crippen MR) is 112 cm³/mol. The van der Waals surface area contributed by atoms with E-state index in [1.54, 1.807) is 12.1 Å². The fourth-order valence-corrected chi connectivity index (χ4v) is 2.78. The molecule has 2 aromatic carbocycles. The second-order valence-corrected chi connectivity index (χ2v) is 6.24. The molecule has 2 aromatic rings. The van der Waals surface area contributed by atoms with Gasteiger partial charge in [-0.05, 0) is 43.0 Å². The SMILES string of the molecule is CCNC(=NCc1ccc(OC)c(C(=O)OC)c1)NCCCc1ccccc1. The Kier molecular flexibility index (Phi) is 8.85. The van der Waals surface area contributed by atoms with Gasteiger partial charge in [0.05, 0.1) is 20.8 Å². The lowest BCUT2D eigenvalue weighted by molar-refractivity contribution is 0.0597. The molecule has 28 heavy (non-hydrogen) atoms. The normalized spacial score (nSPS) is 11.0. The molecule has 0 unspecified atom stereocenters. The van der Waals surface area contributed by atoms with Crippen molar-refractivity contribution in [2.75, 3.05) is 27.3 Å². The zero-order chi connectivity index (χ0) is 20.2. The van der Waals surface area contributed by atoms with Crippen LogP contribution in [0.2, 0.25) is 0 Å². The van der Waals surface area contributed by atoms with E-state index in [1.807, 2.05) is 19.1 Å². The first-order chi connectivity index (χ1) is 13.7. The van der Waals surface area contributed by atoms with Crippen molar-refractivity contribution in [1.82, 2.24) is 10.6 Å². The molecular weight excluding hydrogens is 354 g/mol. The van der Waals surface area contributed by atoms with E-state index < -0.39 is 5.97 Å². The van der Waals surface area contributed by atoms with Crippen LogP contribution in [0.1, 0.15) is 34.8 Å². The summed E-state index contributed by atoms with van der Waals surface area (Å²) in [5, 5.41) is 6.60. The third kappa shape index (κ3) is 6.61. The number of methoxy groups -OCH3 is 2. The molecule has 0 atom stereocenters. The average Bonchev–Trinajstić information content (AvgIpc) is 2.74. The predicted octanol–water partition coefficient (Wildman–Crippen LogP) is 3.17. The minimum Gasteiger partial charge on any atom is -0.496 e. The van der Waals surface area contributed by atoms with Gasteiger partial charge in [-0.15, -0.1) is 0 Å². The van der Waals surface area contributed by atoms with Crippen molar-refractivity contribution in [3.05, 3.63) is 65.2 Å². The van der Waals surface area contributed by atoms with E-state index in [0.717, 1.165) is 37.5 Å². The Hall–Kier alpha value is -3.02. The number of aryl methyl sites for hydroxylation is 1. The van der Waals surface area contributed by atoms with Gasteiger partial charge in [0.1, 0.15) is 11.3 Å². The number of rotatable bonds is 9. The third-order valence-corrected chi connectivity index (χ3v) is 4.21. The first-order valence-corrected chi connectivity index (χ1v) is 9.49. The molecule has 6 heteroatoms. The number of hydrogen-bond acceptors (Lipinski definition) is 4. The highest BCUT2D eigenvalue weighted by molar-refractivity contribution is 5.92. The van der Waals surface area contributed by atoms with E-state index in [2.05, 4.69) is 39.9 Å². The summed E-state index contributed by atoms with van der Waals surface area (Å²) in [6.07, 6.45) is 2.04. The topological polar surface area (TPSA) is 72.0 Å². The monoisotopic (exact) mass is 383 g/mol. The minimum absolute atomic E-state index is 0.401. The van der Waals surface area contributed by atoms with Crippen LogP contribution in [-0.2, 0) is 17.7 Å². The van der Waals surface area contributed by atoms with Crippen LogP contribution < -0.4 is 15.4 Å². The van der Waals surface area contributed by atoms with Gasteiger partial charge in [0.25, 0.3) is 0 Å². The van der Waals surface area contributed by atoms with Gasteiger partial charge < -0.3 is 20.1 Å². The molecule has 0 bridgehead atoms. The van der Waals surface area contributed by atoms with Crippen LogP contribution >= 0.6 is 0 Å². The molecule has 0 saturated heterocycles. The number of nitrogens with zero attached hydrogens (tertiary/aromatic N) is 1.